The van der Waals surface area contributed by atoms with Crippen molar-refractivity contribution in [1.29, 1.82) is 0 Å². The van der Waals surface area contributed by atoms with Crippen molar-refractivity contribution in [2.75, 3.05) is 26.7 Å². The minimum absolute atomic E-state index is 0.469. The highest BCUT2D eigenvalue weighted by molar-refractivity contribution is 4.73. The van der Waals surface area contributed by atoms with E-state index < -0.39 is 0 Å². The Labute approximate surface area is 94.2 Å². The molecule has 0 aromatic carbocycles. The van der Waals surface area contributed by atoms with E-state index in [1.165, 1.54) is 12.8 Å². The van der Waals surface area contributed by atoms with Crippen LogP contribution in [-0.4, -0.2) is 49.8 Å². The summed E-state index contributed by atoms with van der Waals surface area (Å²) in [6, 6.07) is 1.15. The number of hydrogen-bond donors (Lipinski definition) is 1. The molecule has 1 heterocycles. The van der Waals surface area contributed by atoms with Gasteiger partial charge in [-0.3, -0.25) is 4.90 Å². The Bertz CT molecular complexity index is 167. The molecule has 1 saturated heterocycles. The molecule has 0 amide bonds. The molecule has 1 rings (SSSR count). The van der Waals surface area contributed by atoms with Gasteiger partial charge in [0.1, 0.15) is 0 Å². The van der Waals surface area contributed by atoms with Gasteiger partial charge < -0.3 is 10.1 Å². The van der Waals surface area contributed by atoms with Crippen molar-refractivity contribution in [3.63, 3.8) is 0 Å². The van der Waals surface area contributed by atoms with Crippen molar-refractivity contribution in [2.45, 2.75) is 51.8 Å². The van der Waals surface area contributed by atoms with Gasteiger partial charge in [-0.25, -0.2) is 0 Å². The first-order valence-corrected chi connectivity index (χ1v) is 6.15. The number of rotatable bonds is 6. The third kappa shape index (κ3) is 4.96. The smallest absolute Gasteiger partial charge is 0.0702 e. The molecule has 0 aromatic rings. The molecular weight excluding hydrogens is 188 g/mol. The van der Waals surface area contributed by atoms with E-state index in [1.54, 1.807) is 0 Å². The Kier molecular flexibility index (Phi) is 5.58. The maximum Gasteiger partial charge on any atom is 0.0702 e. The van der Waals surface area contributed by atoms with E-state index >= 15 is 0 Å². The Morgan fingerprint density at radius 1 is 1.40 bits per heavy atom. The summed E-state index contributed by atoms with van der Waals surface area (Å²) in [6.07, 6.45) is 2.93. The zero-order valence-electron chi connectivity index (χ0n) is 10.6. The predicted octanol–water partition coefficient (Wildman–Crippen LogP) is 1.48. The van der Waals surface area contributed by atoms with Gasteiger partial charge >= 0.3 is 0 Å². The maximum atomic E-state index is 5.64. The van der Waals surface area contributed by atoms with Crippen molar-refractivity contribution in [1.82, 2.24) is 10.2 Å². The quantitative estimate of drug-likeness (QED) is 0.725. The fourth-order valence-electron chi connectivity index (χ4n) is 1.85. The number of ether oxygens (including phenoxy) is 1. The summed E-state index contributed by atoms with van der Waals surface area (Å²) in [7, 11) is 2.19. The SMILES string of the molecule is CC(C)NCC(C)N(C)CC1CCCO1. The van der Waals surface area contributed by atoms with Gasteiger partial charge in [-0.05, 0) is 26.8 Å². The van der Waals surface area contributed by atoms with Crippen LogP contribution >= 0.6 is 0 Å². The van der Waals surface area contributed by atoms with Crippen LogP contribution in [0.2, 0.25) is 0 Å². The van der Waals surface area contributed by atoms with Gasteiger partial charge in [0.05, 0.1) is 6.10 Å². The minimum atomic E-state index is 0.469. The molecule has 3 heteroatoms. The molecule has 0 spiro atoms. The molecule has 90 valence electrons. The molecule has 1 aliphatic rings. The maximum absolute atomic E-state index is 5.64. The van der Waals surface area contributed by atoms with Crippen LogP contribution < -0.4 is 5.32 Å². The standard InChI is InChI=1S/C12H26N2O/c1-10(2)13-8-11(3)14(4)9-12-6-5-7-15-12/h10-13H,5-9H2,1-4H3. The van der Waals surface area contributed by atoms with Crippen LogP contribution in [0.4, 0.5) is 0 Å². The second kappa shape index (κ2) is 6.46. The molecule has 0 radical (unpaired) electrons. The normalized spacial score (nSPS) is 24.0. The van der Waals surface area contributed by atoms with Gasteiger partial charge in [-0.2, -0.15) is 0 Å². The van der Waals surface area contributed by atoms with Crippen molar-refractivity contribution in [3.05, 3.63) is 0 Å². The summed E-state index contributed by atoms with van der Waals surface area (Å²) in [6.45, 7) is 9.73. The lowest BCUT2D eigenvalue weighted by Gasteiger charge is -2.28. The van der Waals surface area contributed by atoms with Crippen molar-refractivity contribution in [2.24, 2.45) is 0 Å². The van der Waals surface area contributed by atoms with Crippen LogP contribution in [0.25, 0.3) is 0 Å². The van der Waals surface area contributed by atoms with Crippen LogP contribution in [0.3, 0.4) is 0 Å². The lowest BCUT2D eigenvalue weighted by molar-refractivity contribution is 0.0701. The number of nitrogens with one attached hydrogen (secondary N) is 1. The zero-order valence-corrected chi connectivity index (χ0v) is 10.6. The third-order valence-corrected chi connectivity index (χ3v) is 3.09. The van der Waals surface area contributed by atoms with Crippen LogP contribution in [0.5, 0.6) is 0 Å². The molecule has 15 heavy (non-hydrogen) atoms. The van der Waals surface area contributed by atoms with E-state index in [-0.39, 0.29) is 0 Å². The summed E-state index contributed by atoms with van der Waals surface area (Å²) < 4.78 is 5.64. The molecule has 1 fully saturated rings. The first-order valence-electron chi connectivity index (χ1n) is 6.15. The molecule has 0 aliphatic carbocycles. The largest absolute Gasteiger partial charge is 0.377 e. The van der Waals surface area contributed by atoms with Gasteiger partial charge in [-0.15, -0.1) is 0 Å². The fraction of sp³-hybridized carbons (Fsp3) is 1.00. The van der Waals surface area contributed by atoms with Crippen molar-refractivity contribution >= 4 is 0 Å². The molecule has 1 aliphatic heterocycles. The third-order valence-electron chi connectivity index (χ3n) is 3.09. The lowest BCUT2D eigenvalue weighted by Crippen LogP contribution is -2.43. The Balaban J connectivity index is 2.16. The monoisotopic (exact) mass is 214 g/mol. The fourth-order valence-corrected chi connectivity index (χ4v) is 1.85. The van der Waals surface area contributed by atoms with E-state index in [0.717, 1.165) is 19.7 Å². The molecule has 0 bridgehead atoms. The van der Waals surface area contributed by atoms with Crippen LogP contribution in [0, 0.1) is 0 Å². The van der Waals surface area contributed by atoms with Crippen LogP contribution in [0.1, 0.15) is 33.6 Å². The van der Waals surface area contributed by atoms with E-state index in [0.29, 0.717) is 18.2 Å². The summed E-state index contributed by atoms with van der Waals surface area (Å²) in [5.74, 6) is 0. The van der Waals surface area contributed by atoms with E-state index in [1.807, 2.05) is 0 Å². The summed E-state index contributed by atoms with van der Waals surface area (Å²) in [5, 5.41) is 3.47. The highest BCUT2D eigenvalue weighted by Crippen LogP contribution is 2.13. The van der Waals surface area contributed by atoms with Crippen LogP contribution in [0.15, 0.2) is 0 Å². The molecule has 2 unspecified atom stereocenters. The van der Waals surface area contributed by atoms with Gasteiger partial charge in [-0.1, -0.05) is 13.8 Å². The molecule has 0 aromatic heterocycles. The highest BCUT2D eigenvalue weighted by Gasteiger charge is 2.19. The second-order valence-electron chi connectivity index (χ2n) is 4.99. The van der Waals surface area contributed by atoms with E-state index in [2.05, 4.69) is 38.0 Å². The van der Waals surface area contributed by atoms with Crippen molar-refractivity contribution < 1.29 is 4.74 Å². The van der Waals surface area contributed by atoms with E-state index in [9.17, 15) is 0 Å². The molecule has 2 atom stereocenters. The molecule has 3 nitrogen and oxygen atoms in total. The second-order valence-corrected chi connectivity index (χ2v) is 4.99. The predicted molar refractivity (Wildman–Crippen MR) is 64.2 cm³/mol. The summed E-state index contributed by atoms with van der Waals surface area (Å²) in [5.41, 5.74) is 0. The molecule has 1 N–H and O–H groups in total. The van der Waals surface area contributed by atoms with Gasteiger partial charge in [0, 0.05) is 31.8 Å². The topological polar surface area (TPSA) is 24.5 Å². The number of likely N-dealkylation sites (N-methyl/N-ethyl adjacent to an activating group) is 1. The van der Waals surface area contributed by atoms with E-state index in [4.69, 9.17) is 4.74 Å². The number of nitrogens with zero attached hydrogens (tertiary/aromatic N) is 1. The molecule has 0 saturated carbocycles. The summed E-state index contributed by atoms with van der Waals surface area (Å²) in [4.78, 5) is 2.39. The number of hydrogen-bond acceptors (Lipinski definition) is 3. The first-order chi connectivity index (χ1) is 7.09. The Morgan fingerprint density at radius 2 is 2.13 bits per heavy atom. The first kappa shape index (κ1) is 12.9. The Hall–Kier alpha value is -0.120. The minimum Gasteiger partial charge on any atom is -0.377 e. The van der Waals surface area contributed by atoms with Crippen LogP contribution in [-0.2, 0) is 4.74 Å². The van der Waals surface area contributed by atoms with Gasteiger partial charge in [0.2, 0.25) is 0 Å². The zero-order chi connectivity index (χ0) is 11.3. The highest BCUT2D eigenvalue weighted by atomic mass is 16.5. The average molecular weight is 214 g/mol. The molecular formula is C12H26N2O. The lowest BCUT2D eigenvalue weighted by atomic mass is 10.2. The van der Waals surface area contributed by atoms with Gasteiger partial charge in [0.15, 0.2) is 0 Å². The van der Waals surface area contributed by atoms with Gasteiger partial charge in [0.25, 0.3) is 0 Å². The Morgan fingerprint density at radius 3 is 2.67 bits per heavy atom. The van der Waals surface area contributed by atoms with Crippen molar-refractivity contribution in [3.8, 4) is 0 Å². The summed E-state index contributed by atoms with van der Waals surface area (Å²) >= 11 is 0. The average Bonchev–Trinajstić information content (AvgIpc) is 2.66.